The van der Waals surface area contributed by atoms with Gasteiger partial charge in [-0.05, 0) is 66.8 Å². The second-order valence-electron chi connectivity index (χ2n) is 9.08. The predicted molar refractivity (Wildman–Crippen MR) is 129 cm³/mol. The van der Waals surface area contributed by atoms with Crippen LogP contribution < -0.4 is 5.32 Å². The van der Waals surface area contributed by atoms with Gasteiger partial charge < -0.3 is 25.4 Å². The first-order valence-corrected chi connectivity index (χ1v) is 11.9. The number of esters is 1. The van der Waals surface area contributed by atoms with E-state index in [1.807, 2.05) is 0 Å². The first-order valence-electron chi connectivity index (χ1n) is 11.9. The molecule has 0 unspecified atom stereocenters. The predicted octanol–water partition coefficient (Wildman–Crippen LogP) is 3.75. The number of aromatic hydroxyl groups is 2. The summed E-state index contributed by atoms with van der Waals surface area (Å²) in [6.07, 6.45) is 3.88. The molecule has 0 fully saturated rings. The van der Waals surface area contributed by atoms with Gasteiger partial charge in [-0.3, -0.25) is 4.79 Å². The third-order valence-corrected chi connectivity index (χ3v) is 6.81. The van der Waals surface area contributed by atoms with Crippen LogP contribution in [0.25, 0.3) is 0 Å². The van der Waals surface area contributed by atoms with Crippen molar-refractivity contribution in [3.8, 4) is 11.5 Å². The van der Waals surface area contributed by atoms with Gasteiger partial charge in [0.2, 0.25) is 0 Å². The smallest absolute Gasteiger partial charge is 0.340 e. The summed E-state index contributed by atoms with van der Waals surface area (Å²) in [6, 6.07) is 15.0. The Hall–Kier alpha value is -3.84. The number of aliphatic hydroxyl groups excluding tert-OH is 1. The van der Waals surface area contributed by atoms with Gasteiger partial charge in [-0.15, -0.1) is 0 Å². The third-order valence-electron chi connectivity index (χ3n) is 6.81. The molecular formula is C28H27NO6. The van der Waals surface area contributed by atoms with Crippen LogP contribution in [0.1, 0.15) is 74.2 Å². The number of benzene rings is 3. The molecule has 0 saturated heterocycles. The molecule has 3 aromatic rings. The third kappa shape index (κ3) is 3.91. The highest BCUT2D eigenvalue weighted by molar-refractivity contribution is 6.01. The number of unbranched alkanes of at least 4 members (excludes halogenated alkanes) is 3. The van der Waals surface area contributed by atoms with Crippen molar-refractivity contribution in [2.24, 2.45) is 0 Å². The lowest BCUT2D eigenvalue weighted by Gasteiger charge is -2.37. The fourth-order valence-electron chi connectivity index (χ4n) is 5.19. The van der Waals surface area contributed by atoms with E-state index in [2.05, 4.69) is 5.32 Å². The van der Waals surface area contributed by atoms with E-state index in [0.717, 1.165) is 47.9 Å². The molecule has 0 atom stereocenters. The number of nitrogens with one attached hydrogen (secondary N) is 1. The first kappa shape index (κ1) is 22.9. The van der Waals surface area contributed by atoms with Gasteiger partial charge in [0.15, 0.2) is 5.60 Å². The minimum Gasteiger partial charge on any atom is -0.508 e. The molecule has 0 saturated carbocycles. The van der Waals surface area contributed by atoms with E-state index in [-0.39, 0.29) is 24.0 Å². The Morgan fingerprint density at radius 2 is 1.49 bits per heavy atom. The van der Waals surface area contributed by atoms with E-state index in [4.69, 9.17) is 9.84 Å². The molecule has 0 aromatic heterocycles. The number of carbonyl (C=O) groups is 2. The van der Waals surface area contributed by atoms with Crippen molar-refractivity contribution in [3.63, 3.8) is 0 Å². The number of rotatable bonds is 7. The molecule has 0 radical (unpaired) electrons. The molecule has 1 amide bonds. The number of aliphatic hydroxyl groups is 1. The number of phenols is 2. The molecule has 180 valence electrons. The lowest BCUT2D eigenvalue weighted by Crippen LogP contribution is -2.35. The highest BCUT2D eigenvalue weighted by Crippen LogP contribution is 2.52. The highest BCUT2D eigenvalue weighted by atomic mass is 16.6. The summed E-state index contributed by atoms with van der Waals surface area (Å²) >= 11 is 0. The fraction of sp³-hybridized carbons (Fsp3) is 0.286. The van der Waals surface area contributed by atoms with Crippen molar-refractivity contribution >= 4 is 11.9 Å². The van der Waals surface area contributed by atoms with E-state index in [0.29, 0.717) is 29.7 Å². The summed E-state index contributed by atoms with van der Waals surface area (Å²) < 4.78 is 6.11. The van der Waals surface area contributed by atoms with Crippen LogP contribution in [-0.2, 0) is 16.8 Å². The second-order valence-corrected chi connectivity index (χ2v) is 9.08. The molecular weight excluding hydrogens is 446 g/mol. The van der Waals surface area contributed by atoms with Gasteiger partial charge in [-0.25, -0.2) is 4.79 Å². The van der Waals surface area contributed by atoms with Gasteiger partial charge in [0, 0.05) is 35.4 Å². The Labute approximate surface area is 203 Å². The molecule has 5 rings (SSSR count). The molecule has 1 aliphatic carbocycles. The zero-order chi connectivity index (χ0) is 24.6. The highest BCUT2D eigenvalue weighted by Gasteiger charge is 2.52. The van der Waals surface area contributed by atoms with E-state index in [9.17, 15) is 19.8 Å². The van der Waals surface area contributed by atoms with E-state index < -0.39 is 11.6 Å². The van der Waals surface area contributed by atoms with Gasteiger partial charge in [0.05, 0.1) is 5.56 Å². The standard InChI is InChI=1S/C28H27NO6/c30-12-4-2-1-3-11-29-26(33)17-5-8-25-22(16-17)27(34)35-28(25)23-9-6-20(31)14-18(23)13-19-15-21(32)7-10-24(19)28/h5-10,14-16,30-32H,1-4,11-13H2,(H,29,33). The van der Waals surface area contributed by atoms with Crippen molar-refractivity contribution in [3.05, 3.63) is 93.5 Å². The van der Waals surface area contributed by atoms with Gasteiger partial charge in [-0.2, -0.15) is 0 Å². The topological polar surface area (TPSA) is 116 Å². The molecule has 3 aromatic carbocycles. The summed E-state index contributed by atoms with van der Waals surface area (Å²) in [5.74, 6) is -0.576. The van der Waals surface area contributed by atoms with Gasteiger partial charge in [-0.1, -0.05) is 31.0 Å². The molecule has 7 heteroatoms. The maximum absolute atomic E-state index is 13.2. The molecule has 1 heterocycles. The SMILES string of the molecule is O=C(NCCCCCCO)c1ccc2c(c1)C(=O)OC21c2ccc(O)cc2Cc2cc(O)ccc21. The van der Waals surface area contributed by atoms with Gasteiger partial charge in [0.1, 0.15) is 11.5 Å². The number of phenolic OH excluding ortho intramolecular Hbond substituents is 2. The molecule has 0 bridgehead atoms. The molecule has 1 spiro atoms. The van der Waals surface area contributed by atoms with Crippen LogP contribution in [0.2, 0.25) is 0 Å². The van der Waals surface area contributed by atoms with Gasteiger partial charge >= 0.3 is 5.97 Å². The molecule has 35 heavy (non-hydrogen) atoms. The Morgan fingerprint density at radius 3 is 2.14 bits per heavy atom. The maximum atomic E-state index is 13.2. The number of fused-ring (bicyclic) bond motifs is 6. The van der Waals surface area contributed by atoms with Crippen LogP contribution in [-0.4, -0.2) is 40.3 Å². The van der Waals surface area contributed by atoms with Crippen molar-refractivity contribution in [1.29, 1.82) is 0 Å². The molecule has 4 N–H and O–H groups in total. The van der Waals surface area contributed by atoms with Crippen molar-refractivity contribution in [1.82, 2.24) is 5.32 Å². The zero-order valence-electron chi connectivity index (χ0n) is 19.2. The summed E-state index contributed by atoms with van der Waals surface area (Å²) in [7, 11) is 0. The van der Waals surface area contributed by atoms with Crippen LogP contribution in [0.5, 0.6) is 11.5 Å². The van der Waals surface area contributed by atoms with Crippen LogP contribution in [0, 0.1) is 0 Å². The second kappa shape index (κ2) is 9.07. The number of carbonyl (C=O) groups excluding carboxylic acids is 2. The largest absolute Gasteiger partial charge is 0.508 e. The molecule has 1 aliphatic heterocycles. The maximum Gasteiger partial charge on any atom is 0.340 e. The summed E-state index contributed by atoms with van der Waals surface area (Å²) in [5.41, 5.74) is 3.20. The summed E-state index contributed by atoms with van der Waals surface area (Å²) in [6.45, 7) is 0.694. The molecule has 7 nitrogen and oxygen atoms in total. The van der Waals surface area contributed by atoms with Crippen molar-refractivity contribution < 1.29 is 29.6 Å². The van der Waals surface area contributed by atoms with Crippen molar-refractivity contribution in [2.45, 2.75) is 37.7 Å². The Kier molecular flexibility index (Phi) is 5.94. The van der Waals surface area contributed by atoms with Crippen LogP contribution >= 0.6 is 0 Å². The first-order chi connectivity index (χ1) is 16.9. The summed E-state index contributed by atoms with van der Waals surface area (Å²) in [4.78, 5) is 25.9. The average molecular weight is 474 g/mol. The van der Waals surface area contributed by atoms with Gasteiger partial charge in [0.25, 0.3) is 5.91 Å². The minimum absolute atomic E-state index is 0.107. The summed E-state index contributed by atoms with van der Waals surface area (Å²) in [5, 5.41) is 31.9. The monoisotopic (exact) mass is 473 g/mol. The Balaban J connectivity index is 1.51. The Morgan fingerprint density at radius 1 is 0.857 bits per heavy atom. The average Bonchev–Trinajstić information content (AvgIpc) is 3.13. The number of ether oxygens (including phenoxy) is 1. The normalized spacial score (nSPS) is 14.7. The lowest BCUT2D eigenvalue weighted by atomic mass is 9.71. The molecule has 2 aliphatic rings. The fourth-order valence-corrected chi connectivity index (χ4v) is 5.19. The number of hydrogen-bond donors (Lipinski definition) is 4. The quantitative estimate of drug-likeness (QED) is 0.307. The Bertz CT molecular complexity index is 1260. The number of amides is 1. The van der Waals surface area contributed by atoms with Crippen LogP contribution in [0.3, 0.4) is 0 Å². The van der Waals surface area contributed by atoms with Crippen molar-refractivity contribution in [2.75, 3.05) is 13.2 Å². The lowest BCUT2D eigenvalue weighted by molar-refractivity contribution is 0.0240. The number of hydrogen-bond acceptors (Lipinski definition) is 6. The zero-order valence-corrected chi connectivity index (χ0v) is 19.2. The minimum atomic E-state index is -1.22. The van der Waals surface area contributed by atoms with E-state index in [1.165, 1.54) is 0 Å². The van der Waals surface area contributed by atoms with Crippen LogP contribution in [0.4, 0.5) is 0 Å². The van der Waals surface area contributed by atoms with Crippen LogP contribution in [0.15, 0.2) is 54.6 Å². The van der Waals surface area contributed by atoms with E-state index >= 15 is 0 Å². The van der Waals surface area contributed by atoms with E-state index in [1.54, 1.807) is 54.6 Å².